The molecule has 1 aliphatic heterocycles. The van der Waals surface area contributed by atoms with Gasteiger partial charge in [-0.15, -0.1) is 0 Å². The van der Waals surface area contributed by atoms with E-state index in [4.69, 9.17) is 9.47 Å². The summed E-state index contributed by atoms with van der Waals surface area (Å²) in [7, 11) is 1.68. The van der Waals surface area contributed by atoms with Gasteiger partial charge in [-0.25, -0.2) is 0 Å². The van der Waals surface area contributed by atoms with Crippen molar-refractivity contribution in [3.63, 3.8) is 0 Å². The molecule has 3 nitrogen and oxygen atoms in total. The van der Waals surface area contributed by atoms with Crippen LogP contribution in [-0.2, 0) is 6.42 Å². The normalized spacial score (nSPS) is 13.1. The number of ether oxygens (including phenoxy) is 2. The topological polar surface area (TPSA) is 30.5 Å². The fourth-order valence-corrected chi connectivity index (χ4v) is 2.27. The SMILES string of the molecule is COc1ccc(Cc2ccc3c(c2)OCCN3)cc1. The summed E-state index contributed by atoms with van der Waals surface area (Å²) in [6, 6.07) is 14.5. The second kappa shape index (κ2) is 5.22. The molecular formula is C16H17NO2. The van der Waals surface area contributed by atoms with Crippen LogP contribution in [0.25, 0.3) is 0 Å². The van der Waals surface area contributed by atoms with E-state index in [1.54, 1.807) is 7.11 Å². The number of hydrogen-bond donors (Lipinski definition) is 1. The van der Waals surface area contributed by atoms with Gasteiger partial charge >= 0.3 is 0 Å². The van der Waals surface area contributed by atoms with Crippen molar-refractivity contribution in [2.45, 2.75) is 6.42 Å². The van der Waals surface area contributed by atoms with Gasteiger partial charge in [-0.3, -0.25) is 0 Å². The third-order valence-electron chi connectivity index (χ3n) is 3.29. The smallest absolute Gasteiger partial charge is 0.142 e. The van der Waals surface area contributed by atoms with Gasteiger partial charge in [0.1, 0.15) is 18.1 Å². The van der Waals surface area contributed by atoms with Crippen LogP contribution >= 0.6 is 0 Å². The highest BCUT2D eigenvalue weighted by atomic mass is 16.5. The van der Waals surface area contributed by atoms with E-state index in [-0.39, 0.29) is 0 Å². The first-order valence-electron chi connectivity index (χ1n) is 6.48. The Hall–Kier alpha value is -2.16. The summed E-state index contributed by atoms with van der Waals surface area (Å²) in [4.78, 5) is 0. The van der Waals surface area contributed by atoms with E-state index in [2.05, 4.69) is 35.6 Å². The summed E-state index contributed by atoms with van der Waals surface area (Å²) in [5, 5.41) is 3.33. The van der Waals surface area contributed by atoms with Gasteiger partial charge < -0.3 is 14.8 Å². The molecule has 0 aliphatic carbocycles. The van der Waals surface area contributed by atoms with Crippen LogP contribution in [0.4, 0.5) is 5.69 Å². The molecule has 0 saturated heterocycles. The molecule has 0 unspecified atom stereocenters. The molecule has 0 aromatic heterocycles. The molecule has 3 rings (SSSR count). The van der Waals surface area contributed by atoms with Crippen molar-refractivity contribution in [1.29, 1.82) is 0 Å². The summed E-state index contributed by atoms with van der Waals surface area (Å²) in [6.07, 6.45) is 0.903. The minimum Gasteiger partial charge on any atom is -0.497 e. The maximum atomic E-state index is 5.66. The molecule has 0 saturated carbocycles. The third kappa shape index (κ3) is 2.65. The number of benzene rings is 2. The van der Waals surface area contributed by atoms with Crippen LogP contribution in [0.3, 0.4) is 0 Å². The molecule has 0 fully saturated rings. The van der Waals surface area contributed by atoms with E-state index < -0.39 is 0 Å². The quantitative estimate of drug-likeness (QED) is 0.914. The molecule has 0 bridgehead atoms. The second-order valence-electron chi connectivity index (χ2n) is 4.63. The standard InChI is InChI=1S/C16H17NO2/c1-18-14-5-2-12(3-6-14)10-13-4-7-15-16(11-13)19-9-8-17-15/h2-7,11,17H,8-10H2,1H3. The number of anilines is 1. The Morgan fingerprint density at radius 2 is 1.89 bits per heavy atom. The van der Waals surface area contributed by atoms with Crippen molar-refractivity contribution in [3.8, 4) is 11.5 Å². The van der Waals surface area contributed by atoms with Crippen LogP contribution in [0, 0.1) is 0 Å². The summed E-state index contributed by atoms with van der Waals surface area (Å²) in [5.74, 6) is 1.85. The number of nitrogens with one attached hydrogen (secondary N) is 1. The summed E-state index contributed by atoms with van der Waals surface area (Å²) in [6.45, 7) is 1.61. The lowest BCUT2D eigenvalue weighted by atomic mass is 10.0. The summed E-state index contributed by atoms with van der Waals surface area (Å²) >= 11 is 0. The minimum absolute atomic E-state index is 0.735. The van der Waals surface area contributed by atoms with Gasteiger partial charge in [-0.1, -0.05) is 18.2 Å². The van der Waals surface area contributed by atoms with Crippen molar-refractivity contribution in [1.82, 2.24) is 0 Å². The second-order valence-corrected chi connectivity index (χ2v) is 4.63. The van der Waals surface area contributed by atoms with Crippen molar-refractivity contribution in [3.05, 3.63) is 53.6 Å². The van der Waals surface area contributed by atoms with E-state index in [0.29, 0.717) is 0 Å². The highest BCUT2D eigenvalue weighted by Gasteiger charge is 2.09. The first-order chi connectivity index (χ1) is 9.35. The Balaban J connectivity index is 1.78. The predicted octanol–water partition coefficient (Wildman–Crippen LogP) is 3.09. The zero-order valence-electron chi connectivity index (χ0n) is 11.0. The summed E-state index contributed by atoms with van der Waals surface area (Å²) < 4.78 is 10.8. The van der Waals surface area contributed by atoms with E-state index in [1.807, 2.05) is 12.1 Å². The number of fused-ring (bicyclic) bond motifs is 1. The van der Waals surface area contributed by atoms with E-state index in [0.717, 1.165) is 36.8 Å². The first-order valence-corrected chi connectivity index (χ1v) is 6.48. The Bertz CT molecular complexity index is 563. The highest BCUT2D eigenvalue weighted by molar-refractivity contribution is 5.59. The van der Waals surface area contributed by atoms with Crippen LogP contribution in [0.15, 0.2) is 42.5 Å². The molecular weight excluding hydrogens is 238 g/mol. The largest absolute Gasteiger partial charge is 0.497 e. The van der Waals surface area contributed by atoms with E-state index in [1.165, 1.54) is 11.1 Å². The van der Waals surface area contributed by atoms with Gasteiger partial charge in [0.25, 0.3) is 0 Å². The average Bonchev–Trinajstić information content (AvgIpc) is 2.48. The maximum Gasteiger partial charge on any atom is 0.142 e. The predicted molar refractivity (Wildman–Crippen MR) is 76.2 cm³/mol. The van der Waals surface area contributed by atoms with E-state index in [9.17, 15) is 0 Å². The Kier molecular flexibility index (Phi) is 3.27. The van der Waals surface area contributed by atoms with Crippen LogP contribution in [0.1, 0.15) is 11.1 Å². The van der Waals surface area contributed by atoms with E-state index >= 15 is 0 Å². The Morgan fingerprint density at radius 1 is 1.11 bits per heavy atom. The molecule has 0 amide bonds. The van der Waals surface area contributed by atoms with Gasteiger partial charge in [0.05, 0.1) is 12.8 Å². The first kappa shape index (κ1) is 11.9. The molecule has 1 heterocycles. The third-order valence-corrected chi connectivity index (χ3v) is 3.29. The van der Waals surface area contributed by atoms with Crippen LogP contribution in [-0.4, -0.2) is 20.3 Å². The van der Waals surface area contributed by atoms with Gasteiger partial charge in [0.2, 0.25) is 0 Å². The zero-order valence-corrected chi connectivity index (χ0v) is 11.0. The number of hydrogen-bond acceptors (Lipinski definition) is 3. The van der Waals surface area contributed by atoms with Crippen molar-refractivity contribution in [2.24, 2.45) is 0 Å². The van der Waals surface area contributed by atoms with Crippen LogP contribution in [0.2, 0.25) is 0 Å². The van der Waals surface area contributed by atoms with Gasteiger partial charge in [-0.2, -0.15) is 0 Å². The van der Waals surface area contributed by atoms with Gasteiger partial charge in [0, 0.05) is 6.54 Å². The van der Waals surface area contributed by atoms with Gasteiger partial charge in [0.15, 0.2) is 0 Å². The fraction of sp³-hybridized carbons (Fsp3) is 0.250. The number of methoxy groups -OCH3 is 1. The molecule has 98 valence electrons. The van der Waals surface area contributed by atoms with Crippen molar-refractivity contribution in [2.75, 3.05) is 25.6 Å². The molecule has 0 spiro atoms. The minimum atomic E-state index is 0.735. The molecule has 0 radical (unpaired) electrons. The zero-order chi connectivity index (χ0) is 13.1. The fourth-order valence-electron chi connectivity index (χ4n) is 2.27. The number of rotatable bonds is 3. The van der Waals surface area contributed by atoms with Crippen LogP contribution < -0.4 is 14.8 Å². The maximum absolute atomic E-state index is 5.66. The molecule has 3 heteroatoms. The highest BCUT2D eigenvalue weighted by Crippen LogP contribution is 2.29. The Labute approximate surface area is 113 Å². The Morgan fingerprint density at radius 3 is 2.68 bits per heavy atom. The molecule has 1 aliphatic rings. The lowest BCUT2D eigenvalue weighted by Crippen LogP contribution is -2.17. The van der Waals surface area contributed by atoms with Crippen LogP contribution in [0.5, 0.6) is 11.5 Å². The van der Waals surface area contributed by atoms with Crippen molar-refractivity contribution >= 4 is 5.69 Å². The van der Waals surface area contributed by atoms with Crippen molar-refractivity contribution < 1.29 is 9.47 Å². The lowest BCUT2D eigenvalue weighted by Gasteiger charge is -2.19. The molecule has 2 aromatic carbocycles. The molecule has 0 atom stereocenters. The molecule has 1 N–H and O–H groups in total. The average molecular weight is 255 g/mol. The van der Waals surface area contributed by atoms with Gasteiger partial charge in [-0.05, 0) is 41.8 Å². The summed E-state index contributed by atoms with van der Waals surface area (Å²) in [5.41, 5.74) is 3.61. The lowest BCUT2D eigenvalue weighted by molar-refractivity contribution is 0.323. The monoisotopic (exact) mass is 255 g/mol. The molecule has 19 heavy (non-hydrogen) atoms. The molecule has 2 aromatic rings.